The summed E-state index contributed by atoms with van der Waals surface area (Å²) < 4.78 is 0. The number of nitrogens with zero attached hydrogens (tertiary/aromatic N) is 2. The van der Waals surface area contributed by atoms with Gasteiger partial charge in [0.25, 0.3) is 5.24 Å². The van der Waals surface area contributed by atoms with Gasteiger partial charge >= 0.3 is 0 Å². The number of carbonyl (C=O) groups is 2. The lowest BCUT2D eigenvalue weighted by Gasteiger charge is -2.37. The Morgan fingerprint density at radius 3 is 2.67 bits per heavy atom. The molecule has 24 heavy (non-hydrogen) atoms. The second-order valence-electron chi connectivity index (χ2n) is 7.48. The lowest BCUT2D eigenvalue weighted by Crippen LogP contribution is -2.38. The van der Waals surface area contributed by atoms with Crippen molar-refractivity contribution in [2.45, 2.75) is 58.3 Å². The molecule has 0 saturated carbocycles. The van der Waals surface area contributed by atoms with Gasteiger partial charge in [0.2, 0.25) is 5.91 Å². The number of carbonyl (C=O) groups excluding carboxylic acids is 2. The van der Waals surface area contributed by atoms with Crippen LogP contribution < -0.4 is 0 Å². The number of allylic oxidation sites excluding steroid dienone is 2. The average Bonchev–Trinajstić information content (AvgIpc) is 2.61. The van der Waals surface area contributed by atoms with Crippen LogP contribution in [0.25, 0.3) is 0 Å². The van der Waals surface area contributed by atoms with E-state index >= 15 is 0 Å². The third-order valence-corrected chi connectivity index (χ3v) is 6.55. The van der Waals surface area contributed by atoms with Crippen LogP contribution >= 0.6 is 11.8 Å². The SMILES string of the molecule is CC1CCN(C(=O)CCSC(=O)N2CCCC3CCCC=C32)CC1. The molecule has 3 aliphatic rings. The van der Waals surface area contributed by atoms with Crippen LogP contribution in [-0.4, -0.2) is 46.3 Å². The molecule has 0 spiro atoms. The van der Waals surface area contributed by atoms with E-state index in [2.05, 4.69) is 13.0 Å². The Kier molecular flexibility index (Phi) is 6.25. The van der Waals surface area contributed by atoms with Crippen molar-refractivity contribution in [3.8, 4) is 0 Å². The molecule has 1 atom stereocenters. The molecule has 134 valence electrons. The van der Waals surface area contributed by atoms with Gasteiger partial charge in [-0.15, -0.1) is 0 Å². The van der Waals surface area contributed by atoms with Gasteiger partial charge < -0.3 is 9.80 Å². The highest BCUT2D eigenvalue weighted by Crippen LogP contribution is 2.36. The van der Waals surface area contributed by atoms with E-state index in [4.69, 9.17) is 0 Å². The fourth-order valence-electron chi connectivity index (χ4n) is 4.09. The zero-order valence-corrected chi connectivity index (χ0v) is 15.7. The zero-order chi connectivity index (χ0) is 16.9. The summed E-state index contributed by atoms with van der Waals surface area (Å²) in [6, 6.07) is 0. The molecule has 0 aromatic heterocycles. The molecular weight excluding hydrogens is 320 g/mol. The number of thioether (sulfide) groups is 1. The van der Waals surface area contributed by atoms with E-state index in [0.29, 0.717) is 18.1 Å². The summed E-state index contributed by atoms with van der Waals surface area (Å²) in [7, 11) is 0. The summed E-state index contributed by atoms with van der Waals surface area (Å²) in [5.74, 6) is 2.16. The number of fused-ring (bicyclic) bond motifs is 1. The van der Waals surface area contributed by atoms with E-state index < -0.39 is 0 Å². The third kappa shape index (κ3) is 4.35. The smallest absolute Gasteiger partial charge is 0.285 e. The molecule has 4 nitrogen and oxygen atoms in total. The number of hydrogen-bond donors (Lipinski definition) is 0. The van der Waals surface area contributed by atoms with E-state index in [9.17, 15) is 9.59 Å². The van der Waals surface area contributed by atoms with Crippen molar-refractivity contribution >= 4 is 22.9 Å². The van der Waals surface area contributed by atoms with Gasteiger partial charge in [0.1, 0.15) is 0 Å². The molecule has 3 rings (SSSR count). The molecule has 1 aliphatic carbocycles. The van der Waals surface area contributed by atoms with E-state index in [0.717, 1.165) is 51.2 Å². The fourth-order valence-corrected chi connectivity index (χ4v) is 4.90. The Labute approximate surface area is 150 Å². The number of piperidine rings is 2. The minimum atomic E-state index is 0.146. The molecule has 0 bridgehead atoms. The standard InChI is InChI=1S/C19H30N2O2S/c1-15-8-12-20(13-9-15)18(22)10-14-24-19(23)21-11-4-6-16-5-2-3-7-17(16)21/h7,15-16H,2-6,8-14H2,1H3. The van der Waals surface area contributed by atoms with Crippen molar-refractivity contribution in [3.05, 3.63) is 11.8 Å². The summed E-state index contributed by atoms with van der Waals surface area (Å²) in [5.41, 5.74) is 1.27. The molecular formula is C19H30N2O2S. The van der Waals surface area contributed by atoms with Gasteiger partial charge in [0.05, 0.1) is 0 Å². The monoisotopic (exact) mass is 350 g/mol. The van der Waals surface area contributed by atoms with Crippen LogP contribution in [0.5, 0.6) is 0 Å². The Morgan fingerprint density at radius 1 is 1.12 bits per heavy atom. The molecule has 2 saturated heterocycles. The average molecular weight is 351 g/mol. The number of likely N-dealkylation sites (tertiary alicyclic amines) is 2. The van der Waals surface area contributed by atoms with Gasteiger partial charge in [-0.25, -0.2) is 0 Å². The number of rotatable bonds is 3. The maximum Gasteiger partial charge on any atom is 0.285 e. The molecule has 1 unspecified atom stereocenters. The summed E-state index contributed by atoms with van der Waals surface area (Å²) in [4.78, 5) is 28.8. The van der Waals surface area contributed by atoms with Crippen LogP contribution in [-0.2, 0) is 4.79 Å². The van der Waals surface area contributed by atoms with Crippen molar-refractivity contribution in [2.24, 2.45) is 11.8 Å². The second-order valence-corrected chi connectivity index (χ2v) is 8.52. The molecule has 2 aliphatic heterocycles. The Balaban J connectivity index is 1.43. The quantitative estimate of drug-likeness (QED) is 0.763. The van der Waals surface area contributed by atoms with Gasteiger partial charge in [-0.2, -0.15) is 0 Å². The summed E-state index contributed by atoms with van der Waals surface area (Å²) in [5, 5.41) is 0.146. The van der Waals surface area contributed by atoms with E-state index in [1.165, 1.54) is 36.7 Å². The van der Waals surface area contributed by atoms with E-state index in [1.54, 1.807) is 0 Å². The molecule has 0 aromatic carbocycles. The molecule has 0 radical (unpaired) electrons. The first-order valence-corrected chi connectivity index (χ1v) is 10.6. The lowest BCUT2D eigenvalue weighted by atomic mass is 9.85. The van der Waals surface area contributed by atoms with Crippen molar-refractivity contribution < 1.29 is 9.59 Å². The largest absolute Gasteiger partial charge is 0.343 e. The molecule has 0 N–H and O–H groups in total. The summed E-state index contributed by atoms with van der Waals surface area (Å²) in [6.45, 7) is 4.88. The highest BCUT2D eigenvalue weighted by molar-refractivity contribution is 8.13. The molecule has 2 amide bonds. The first-order chi connectivity index (χ1) is 11.6. The first kappa shape index (κ1) is 17.8. The van der Waals surface area contributed by atoms with Crippen LogP contribution in [0.1, 0.15) is 58.3 Å². The molecule has 2 fully saturated rings. The summed E-state index contributed by atoms with van der Waals surface area (Å²) >= 11 is 1.33. The summed E-state index contributed by atoms with van der Waals surface area (Å²) in [6.07, 6.45) is 10.9. The minimum Gasteiger partial charge on any atom is -0.343 e. The predicted octanol–water partition coefficient (Wildman–Crippen LogP) is 4.27. The van der Waals surface area contributed by atoms with Gasteiger partial charge in [0, 0.05) is 37.5 Å². The Morgan fingerprint density at radius 2 is 1.88 bits per heavy atom. The fraction of sp³-hybridized carbons (Fsp3) is 0.789. The van der Waals surface area contributed by atoms with E-state index in [1.807, 2.05) is 9.80 Å². The van der Waals surface area contributed by atoms with Crippen LogP contribution in [0.3, 0.4) is 0 Å². The van der Waals surface area contributed by atoms with Crippen LogP contribution in [0.4, 0.5) is 4.79 Å². The Hall–Kier alpha value is -0.970. The van der Waals surface area contributed by atoms with Crippen molar-refractivity contribution in [1.29, 1.82) is 0 Å². The van der Waals surface area contributed by atoms with Crippen molar-refractivity contribution in [1.82, 2.24) is 9.80 Å². The van der Waals surface area contributed by atoms with Gasteiger partial charge in [-0.05, 0) is 56.8 Å². The topological polar surface area (TPSA) is 40.6 Å². The van der Waals surface area contributed by atoms with Crippen molar-refractivity contribution in [3.63, 3.8) is 0 Å². The second kappa shape index (κ2) is 8.41. The predicted molar refractivity (Wildman–Crippen MR) is 98.8 cm³/mol. The zero-order valence-electron chi connectivity index (χ0n) is 14.8. The van der Waals surface area contributed by atoms with E-state index in [-0.39, 0.29) is 11.1 Å². The maximum absolute atomic E-state index is 12.6. The Bertz CT molecular complexity index is 498. The first-order valence-electron chi connectivity index (χ1n) is 9.57. The molecule has 2 heterocycles. The number of amides is 2. The van der Waals surface area contributed by atoms with Crippen LogP contribution in [0.2, 0.25) is 0 Å². The number of hydrogen-bond acceptors (Lipinski definition) is 3. The minimum absolute atomic E-state index is 0.146. The highest BCUT2D eigenvalue weighted by atomic mass is 32.2. The van der Waals surface area contributed by atoms with Crippen LogP contribution in [0, 0.1) is 11.8 Å². The molecule has 5 heteroatoms. The van der Waals surface area contributed by atoms with Crippen molar-refractivity contribution in [2.75, 3.05) is 25.4 Å². The normalized spacial score (nSPS) is 25.2. The lowest BCUT2D eigenvalue weighted by molar-refractivity contribution is -0.132. The maximum atomic E-state index is 12.6. The van der Waals surface area contributed by atoms with Gasteiger partial charge in [-0.1, -0.05) is 24.8 Å². The van der Waals surface area contributed by atoms with Gasteiger partial charge in [-0.3, -0.25) is 9.59 Å². The third-order valence-electron chi connectivity index (χ3n) is 5.67. The van der Waals surface area contributed by atoms with Crippen LogP contribution in [0.15, 0.2) is 11.8 Å². The van der Waals surface area contributed by atoms with Gasteiger partial charge in [0.15, 0.2) is 0 Å². The highest BCUT2D eigenvalue weighted by Gasteiger charge is 2.30. The molecule has 0 aromatic rings.